The van der Waals surface area contributed by atoms with Crippen molar-refractivity contribution in [3.8, 4) is 0 Å². The second-order valence-corrected chi connectivity index (χ2v) is 7.37. The first-order chi connectivity index (χ1) is 9.89. The van der Waals surface area contributed by atoms with Gasteiger partial charge in [0, 0.05) is 6.08 Å². The predicted octanol–water partition coefficient (Wildman–Crippen LogP) is -1.09. The Balaban J connectivity index is -0.000000270. The molecule has 2 radical (unpaired) electrons. The average molecular weight is 399 g/mol. The van der Waals surface area contributed by atoms with Crippen LogP contribution >= 0.6 is 0 Å². The fraction of sp³-hybridized carbons (Fsp3) is 0.667. The minimum absolute atomic E-state index is 0. The molecule has 0 aromatic heterocycles. The molecule has 1 aliphatic rings. The molecule has 0 saturated carbocycles. The summed E-state index contributed by atoms with van der Waals surface area (Å²) in [7, 11) is 0. The van der Waals surface area contributed by atoms with Gasteiger partial charge in [-0.2, -0.15) is 0 Å². The van der Waals surface area contributed by atoms with Crippen LogP contribution in [0.5, 0.6) is 0 Å². The Morgan fingerprint density at radius 2 is 1.04 bits per heavy atom. The summed E-state index contributed by atoms with van der Waals surface area (Å²) in [4.78, 5) is 0. The van der Waals surface area contributed by atoms with Crippen molar-refractivity contribution < 1.29 is 20.4 Å². The average Bonchev–Trinajstić information content (AvgIpc) is 2.25. The Labute approximate surface area is 158 Å². The van der Waals surface area contributed by atoms with E-state index >= 15 is 0 Å². The summed E-state index contributed by atoms with van der Waals surface area (Å²) in [6, 6.07) is 0. The standard InChI is InChI=1S/C6H6N.2C6H12O2.As/c7-6-4-2-1-3-5-6;2*1-5(2,7)6(3,4)8;/h2-5H,7H2;2*1-4H3;/q+1;2*-2;+3. The normalized spacial score (nSPS) is 14.1. The van der Waals surface area contributed by atoms with Crippen LogP contribution in [0.15, 0.2) is 30.0 Å². The smallest absolute Gasteiger partial charge is 0.850 e. The zero-order valence-corrected chi connectivity index (χ0v) is 17.8. The van der Waals surface area contributed by atoms with Crippen LogP contribution in [0, 0.1) is 6.08 Å². The van der Waals surface area contributed by atoms with Crippen molar-refractivity contribution in [3.05, 3.63) is 36.1 Å². The summed E-state index contributed by atoms with van der Waals surface area (Å²) in [5, 5.41) is 43.2. The van der Waals surface area contributed by atoms with Gasteiger partial charge in [-0.3, -0.25) is 0 Å². The molecule has 0 aliphatic heterocycles. The van der Waals surface area contributed by atoms with Crippen molar-refractivity contribution in [2.24, 2.45) is 5.73 Å². The number of hydrogen-bond acceptors (Lipinski definition) is 5. The maximum Gasteiger partial charge on any atom is 3.00 e. The summed E-state index contributed by atoms with van der Waals surface area (Å²) >= 11 is 0. The van der Waals surface area contributed by atoms with Crippen molar-refractivity contribution in [1.82, 2.24) is 0 Å². The van der Waals surface area contributed by atoms with Crippen molar-refractivity contribution in [2.45, 2.75) is 77.8 Å². The Bertz CT molecular complexity index is 380. The molecule has 6 heteroatoms. The third-order valence-corrected chi connectivity index (χ3v) is 3.64. The van der Waals surface area contributed by atoms with Gasteiger partial charge in [-0.05, 0) is 0 Å². The molecule has 0 amide bonds. The van der Waals surface area contributed by atoms with Crippen LogP contribution in [-0.4, -0.2) is 40.4 Å². The van der Waals surface area contributed by atoms with E-state index in [-0.39, 0.29) is 18.0 Å². The third kappa shape index (κ3) is 13.7. The van der Waals surface area contributed by atoms with E-state index < -0.39 is 22.4 Å². The minimum Gasteiger partial charge on any atom is -0.850 e. The van der Waals surface area contributed by atoms with Gasteiger partial charge in [-0.25, -0.2) is 0 Å². The Hall–Kier alpha value is -0.672. The number of nitrogens with two attached hydrogens (primary N) is 1. The molecular formula is C18H30AsNO4. The summed E-state index contributed by atoms with van der Waals surface area (Å²) in [6.45, 7) is 11.2. The van der Waals surface area contributed by atoms with E-state index in [4.69, 9.17) is 5.73 Å². The maximum atomic E-state index is 10.8. The van der Waals surface area contributed by atoms with Gasteiger partial charge in [0.05, 0.1) is 12.2 Å². The first-order valence-electron chi connectivity index (χ1n) is 7.43. The first-order valence-corrected chi connectivity index (χ1v) is 7.43. The van der Waals surface area contributed by atoms with E-state index in [0.29, 0.717) is 0 Å². The van der Waals surface area contributed by atoms with E-state index in [1.165, 1.54) is 55.4 Å². The van der Waals surface area contributed by atoms with Crippen LogP contribution in [0.1, 0.15) is 55.4 Å². The van der Waals surface area contributed by atoms with Gasteiger partial charge in [0.15, 0.2) is 0 Å². The minimum atomic E-state index is -1.37. The van der Waals surface area contributed by atoms with Gasteiger partial charge in [0.2, 0.25) is 0 Å². The Kier molecular flexibility index (Phi) is 12.1. The third-order valence-electron chi connectivity index (χ3n) is 3.64. The Morgan fingerprint density at radius 1 is 0.750 bits per heavy atom. The molecule has 2 N–H and O–H groups in total. The summed E-state index contributed by atoms with van der Waals surface area (Å²) in [6.07, 6.45) is 10.0. The van der Waals surface area contributed by atoms with Crippen molar-refractivity contribution in [1.29, 1.82) is 0 Å². The molecule has 1 aliphatic carbocycles. The molecule has 0 aromatic carbocycles. The molecule has 5 nitrogen and oxygen atoms in total. The second-order valence-electron chi connectivity index (χ2n) is 7.37. The van der Waals surface area contributed by atoms with Gasteiger partial charge in [-0.15, -0.1) is 22.4 Å². The summed E-state index contributed by atoms with van der Waals surface area (Å²) in [5.41, 5.74) is 0.656. The fourth-order valence-electron chi connectivity index (χ4n) is 0.400. The van der Waals surface area contributed by atoms with Gasteiger partial charge in [0.25, 0.3) is 0 Å². The molecule has 0 unspecified atom stereocenters. The van der Waals surface area contributed by atoms with E-state index in [9.17, 15) is 20.4 Å². The summed E-state index contributed by atoms with van der Waals surface area (Å²) in [5.74, 6) is 0. The molecule has 0 saturated heterocycles. The van der Waals surface area contributed by atoms with Crippen molar-refractivity contribution in [3.63, 3.8) is 0 Å². The van der Waals surface area contributed by atoms with Crippen LogP contribution in [0.4, 0.5) is 0 Å². The molecule has 0 atom stereocenters. The van der Waals surface area contributed by atoms with E-state index in [1.54, 1.807) is 24.3 Å². The van der Waals surface area contributed by atoms with E-state index in [2.05, 4.69) is 6.08 Å². The molecule has 0 spiro atoms. The van der Waals surface area contributed by atoms with Gasteiger partial charge >= 0.3 is 18.0 Å². The van der Waals surface area contributed by atoms with Gasteiger partial charge in [0.1, 0.15) is 17.8 Å². The van der Waals surface area contributed by atoms with Gasteiger partial charge < -0.3 is 26.2 Å². The molecule has 0 heterocycles. The van der Waals surface area contributed by atoms with Crippen LogP contribution < -0.4 is 26.2 Å². The molecule has 0 fully saturated rings. The van der Waals surface area contributed by atoms with Crippen molar-refractivity contribution >= 4 is 18.0 Å². The Morgan fingerprint density at radius 3 is 1.12 bits per heavy atom. The second kappa shape index (κ2) is 10.3. The van der Waals surface area contributed by atoms with E-state index in [0.717, 1.165) is 5.70 Å². The summed E-state index contributed by atoms with van der Waals surface area (Å²) < 4.78 is 0. The number of rotatable bonds is 2. The molecule has 0 bridgehead atoms. The molecule has 1 rings (SSSR count). The first kappa shape index (κ1) is 28.1. The quantitative estimate of drug-likeness (QED) is 0.467. The molecule has 0 aromatic rings. The number of allylic oxidation sites excluding steroid dienone is 5. The monoisotopic (exact) mass is 399 g/mol. The molecule has 24 heavy (non-hydrogen) atoms. The molecular weight excluding hydrogens is 369 g/mol. The van der Waals surface area contributed by atoms with Gasteiger partial charge in [-0.1, -0.05) is 55.4 Å². The zero-order valence-electron chi connectivity index (χ0n) is 16.0. The van der Waals surface area contributed by atoms with Crippen LogP contribution in [0.2, 0.25) is 0 Å². The van der Waals surface area contributed by atoms with Crippen LogP contribution in [0.25, 0.3) is 0 Å². The molecule has 136 valence electrons. The SMILES string of the molecule is CC(C)([O-])C(C)(C)[O-].CC(C)([O-])C(C)(C)[O-].NC1=CC=[C+]C=C1.[As+3]. The van der Waals surface area contributed by atoms with E-state index in [1.807, 2.05) is 0 Å². The van der Waals surface area contributed by atoms with Crippen LogP contribution in [-0.2, 0) is 0 Å². The predicted molar refractivity (Wildman–Crippen MR) is 91.3 cm³/mol. The number of hydrogen-bond donors (Lipinski definition) is 1. The van der Waals surface area contributed by atoms with Crippen LogP contribution in [0.3, 0.4) is 0 Å². The maximum absolute atomic E-state index is 10.8. The zero-order chi connectivity index (χ0) is 19.1. The van der Waals surface area contributed by atoms with Crippen molar-refractivity contribution in [2.75, 3.05) is 0 Å². The largest absolute Gasteiger partial charge is 3.00 e. The topological polar surface area (TPSA) is 118 Å². The fourth-order valence-corrected chi connectivity index (χ4v) is 0.400.